The molecule has 0 fully saturated rings. The van der Waals surface area contributed by atoms with Crippen LogP contribution in [0.3, 0.4) is 0 Å². The largest absolute Gasteiger partial charge is 0.350 e. The van der Waals surface area contributed by atoms with Gasteiger partial charge in [-0.2, -0.15) is 0 Å². The molecule has 1 aliphatic rings. The van der Waals surface area contributed by atoms with Gasteiger partial charge < -0.3 is 10.2 Å². The van der Waals surface area contributed by atoms with Gasteiger partial charge in [0, 0.05) is 25.0 Å². The molecular weight excluding hydrogens is 228 g/mol. The van der Waals surface area contributed by atoms with Crippen LogP contribution in [0, 0.1) is 0 Å². The lowest BCUT2D eigenvalue weighted by Gasteiger charge is -2.19. The van der Waals surface area contributed by atoms with Gasteiger partial charge in [0.15, 0.2) is 0 Å². The molecule has 0 saturated heterocycles. The zero-order valence-electron chi connectivity index (χ0n) is 8.79. The minimum atomic E-state index is -0.193. The molecule has 5 heteroatoms. The topological polar surface area (TPSA) is 49.4 Å². The van der Waals surface area contributed by atoms with Crippen LogP contribution in [0.1, 0.15) is 17.3 Å². The molecule has 1 aromatic rings. The number of rotatable bonds is 0. The van der Waals surface area contributed by atoms with Crippen LogP contribution in [-0.2, 0) is 4.79 Å². The molecule has 1 heterocycles. The summed E-state index contributed by atoms with van der Waals surface area (Å²) in [5, 5.41) is 3.21. The monoisotopic (exact) mass is 238 g/mol. The predicted molar refractivity (Wildman–Crippen MR) is 61.8 cm³/mol. The van der Waals surface area contributed by atoms with Gasteiger partial charge in [0.1, 0.15) is 0 Å². The van der Waals surface area contributed by atoms with Gasteiger partial charge in [-0.3, -0.25) is 9.59 Å². The van der Waals surface area contributed by atoms with Gasteiger partial charge in [0.2, 0.25) is 5.91 Å². The van der Waals surface area contributed by atoms with Gasteiger partial charge in [0.25, 0.3) is 5.91 Å². The Bertz CT molecular complexity index is 459. The van der Waals surface area contributed by atoms with Crippen LogP contribution in [0.2, 0.25) is 5.02 Å². The normalized spacial score (nSPS) is 15.1. The Morgan fingerprint density at radius 3 is 2.94 bits per heavy atom. The number of carbonyl (C=O) groups excluding carboxylic acids is 2. The van der Waals surface area contributed by atoms with Gasteiger partial charge in [-0.15, -0.1) is 0 Å². The molecule has 0 bridgehead atoms. The van der Waals surface area contributed by atoms with E-state index in [9.17, 15) is 9.59 Å². The van der Waals surface area contributed by atoms with Gasteiger partial charge >= 0.3 is 0 Å². The van der Waals surface area contributed by atoms with Crippen molar-refractivity contribution in [2.24, 2.45) is 0 Å². The smallest absolute Gasteiger partial charge is 0.253 e. The second-order valence-corrected chi connectivity index (χ2v) is 4.02. The molecule has 1 aliphatic heterocycles. The van der Waals surface area contributed by atoms with Gasteiger partial charge in [-0.05, 0) is 18.2 Å². The Kier molecular flexibility index (Phi) is 2.83. The Labute approximate surface area is 98.2 Å². The molecule has 0 radical (unpaired) electrons. The number of halogens is 1. The first-order valence-corrected chi connectivity index (χ1v) is 5.33. The molecule has 2 rings (SSSR count). The molecule has 4 nitrogen and oxygen atoms in total. The maximum absolute atomic E-state index is 11.7. The molecule has 84 valence electrons. The maximum Gasteiger partial charge on any atom is 0.253 e. The number of benzene rings is 1. The van der Waals surface area contributed by atoms with Crippen LogP contribution in [0.15, 0.2) is 18.2 Å². The molecule has 1 N–H and O–H groups in total. The molecule has 0 spiro atoms. The van der Waals surface area contributed by atoms with E-state index in [4.69, 9.17) is 11.6 Å². The maximum atomic E-state index is 11.7. The molecule has 0 saturated carbocycles. The van der Waals surface area contributed by atoms with Crippen molar-refractivity contribution < 1.29 is 9.59 Å². The van der Waals surface area contributed by atoms with Crippen molar-refractivity contribution in [1.29, 1.82) is 0 Å². The highest BCUT2D eigenvalue weighted by Crippen LogP contribution is 2.25. The molecule has 16 heavy (non-hydrogen) atoms. The van der Waals surface area contributed by atoms with Crippen molar-refractivity contribution in [1.82, 2.24) is 5.32 Å². The molecule has 0 aliphatic carbocycles. The first-order chi connectivity index (χ1) is 7.59. The number of fused-ring (bicyclic) bond motifs is 1. The van der Waals surface area contributed by atoms with Crippen molar-refractivity contribution in [2.75, 3.05) is 18.0 Å². The Morgan fingerprint density at radius 2 is 2.25 bits per heavy atom. The zero-order chi connectivity index (χ0) is 11.7. The first kappa shape index (κ1) is 11.0. The Hall–Kier alpha value is -1.55. The van der Waals surface area contributed by atoms with Crippen molar-refractivity contribution in [3.8, 4) is 0 Å². The van der Waals surface area contributed by atoms with Crippen LogP contribution >= 0.6 is 11.6 Å². The summed E-state index contributed by atoms with van der Waals surface area (Å²) in [7, 11) is 0. The summed E-state index contributed by atoms with van der Waals surface area (Å²) in [5.41, 5.74) is 1.06. The fraction of sp³-hybridized carbons (Fsp3) is 0.273. The molecule has 0 aromatic heterocycles. The standard InChI is InChI=1S/C11H11ClN2O2/c1-7(15)14-5-4-13-11(16)9-6-8(12)2-3-10(9)14/h2-3,6H,4-5H2,1H3,(H,13,16). The first-order valence-electron chi connectivity index (χ1n) is 4.95. The van der Waals surface area contributed by atoms with Gasteiger partial charge in [-0.1, -0.05) is 11.6 Å². The van der Waals surface area contributed by atoms with E-state index >= 15 is 0 Å². The lowest BCUT2D eigenvalue weighted by molar-refractivity contribution is -0.116. The highest BCUT2D eigenvalue weighted by Gasteiger charge is 2.22. The van der Waals surface area contributed by atoms with Gasteiger partial charge in [-0.25, -0.2) is 0 Å². The van der Waals surface area contributed by atoms with Crippen LogP contribution < -0.4 is 10.2 Å². The number of nitrogens with zero attached hydrogens (tertiary/aromatic N) is 1. The second kappa shape index (κ2) is 4.14. The van der Waals surface area contributed by atoms with Gasteiger partial charge in [0.05, 0.1) is 11.3 Å². The highest BCUT2D eigenvalue weighted by molar-refractivity contribution is 6.31. The predicted octanol–water partition coefficient (Wildman–Crippen LogP) is 1.44. The lowest BCUT2D eigenvalue weighted by atomic mass is 10.1. The summed E-state index contributed by atoms with van der Waals surface area (Å²) in [6, 6.07) is 4.95. The molecule has 2 amide bonds. The third kappa shape index (κ3) is 1.88. The van der Waals surface area contributed by atoms with Crippen LogP contribution in [0.5, 0.6) is 0 Å². The molecule has 0 unspecified atom stereocenters. The minimum absolute atomic E-state index is 0.0833. The van der Waals surface area contributed by atoms with E-state index in [0.717, 1.165) is 0 Å². The third-order valence-corrected chi connectivity index (χ3v) is 2.73. The van der Waals surface area contributed by atoms with E-state index in [1.165, 1.54) is 6.92 Å². The minimum Gasteiger partial charge on any atom is -0.350 e. The summed E-state index contributed by atoms with van der Waals surface area (Å²) >= 11 is 5.84. The fourth-order valence-electron chi connectivity index (χ4n) is 1.75. The Morgan fingerprint density at radius 1 is 1.50 bits per heavy atom. The highest BCUT2D eigenvalue weighted by atomic mass is 35.5. The summed E-state index contributed by atoms with van der Waals surface area (Å²) in [6.07, 6.45) is 0. The van der Waals surface area contributed by atoms with E-state index < -0.39 is 0 Å². The average molecular weight is 239 g/mol. The number of anilines is 1. The number of hydrogen-bond acceptors (Lipinski definition) is 2. The molecule has 1 aromatic carbocycles. The third-order valence-electron chi connectivity index (χ3n) is 2.50. The molecule has 0 atom stereocenters. The quantitative estimate of drug-likeness (QED) is 0.744. The van der Waals surface area contributed by atoms with Crippen molar-refractivity contribution in [3.05, 3.63) is 28.8 Å². The van der Waals surface area contributed by atoms with Crippen LogP contribution in [0.4, 0.5) is 5.69 Å². The number of carbonyl (C=O) groups is 2. The van der Waals surface area contributed by atoms with E-state index in [1.54, 1.807) is 23.1 Å². The Balaban J connectivity index is 2.56. The van der Waals surface area contributed by atoms with Crippen molar-refractivity contribution in [3.63, 3.8) is 0 Å². The second-order valence-electron chi connectivity index (χ2n) is 3.59. The van der Waals surface area contributed by atoms with Crippen LogP contribution in [0.25, 0.3) is 0 Å². The van der Waals surface area contributed by atoms with Crippen molar-refractivity contribution >= 4 is 29.1 Å². The van der Waals surface area contributed by atoms with E-state index in [2.05, 4.69) is 5.32 Å². The summed E-state index contributed by atoms with van der Waals surface area (Å²) in [5.74, 6) is -0.277. The molecular formula is C11H11ClN2O2. The average Bonchev–Trinajstić information content (AvgIpc) is 2.39. The zero-order valence-corrected chi connectivity index (χ0v) is 9.54. The van der Waals surface area contributed by atoms with E-state index in [-0.39, 0.29) is 11.8 Å². The number of nitrogens with one attached hydrogen (secondary N) is 1. The summed E-state index contributed by atoms with van der Waals surface area (Å²) in [4.78, 5) is 24.8. The summed E-state index contributed by atoms with van der Waals surface area (Å²) < 4.78 is 0. The lowest BCUT2D eigenvalue weighted by Crippen LogP contribution is -2.33. The summed E-state index contributed by atoms with van der Waals surface area (Å²) in [6.45, 7) is 2.41. The number of hydrogen-bond donors (Lipinski definition) is 1. The van der Waals surface area contributed by atoms with E-state index in [0.29, 0.717) is 29.4 Å². The SMILES string of the molecule is CC(=O)N1CCNC(=O)c2cc(Cl)ccc21. The van der Waals surface area contributed by atoms with E-state index in [1.807, 2.05) is 0 Å². The van der Waals surface area contributed by atoms with Crippen LogP contribution in [-0.4, -0.2) is 24.9 Å². The fourth-order valence-corrected chi connectivity index (χ4v) is 1.92. The van der Waals surface area contributed by atoms with Crippen molar-refractivity contribution in [2.45, 2.75) is 6.92 Å². The number of amides is 2.